The zero-order valence-electron chi connectivity index (χ0n) is 9.57. The van der Waals surface area contributed by atoms with Crippen molar-refractivity contribution in [3.05, 3.63) is 28.8 Å². The Kier molecular flexibility index (Phi) is 3.46. The molecule has 0 heterocycles. The summed E-state index contributed by atoms with van der Waals surface area (Å²) < 4.78 is 0. The molecule has 0 saturated carbocycles. The normalized spacial score (nSPS) is 10.3. The van der Waals surface area contributed by atoms with Crippen molar-refractivity contribution >= 4 is 12.0 Å². The van der Waals surface area contributed by atoms with Gasteiger partial charge in [-0.2, -0.15) is 5.26 Å². The minimum atomic E-state index is 0.621. The van der Waals surface area contributed by atoms with Gasteiger partial charge in [-0.15, -0.1) is 0 Å². The van der Waals surface area contributed by atoms with Crippen molar-refractivity contribution < 1.29 is 0 Å². The lowest BCUT2D eigenvalue weighted by Crippen LogP contribution is -2.07. The van der Waals surface area contributed by atoms with Gasteiger partial charge in [0.1, 0.15) is 6.07 Å². The van der Waals surface area contributed by atoms with Gasteiger partial charge in [-0.1, -0.05) is 0 Å². The van der Waals surface area contributed by atoms with E-state index in [0.29, 0.717) is 5.56 Å². The Morgan fingerprint density at radius 2 is 1.87 bits per heavy atom. The second kappa shape index (κ2) is 4.61. The van der Waals surface area contributed by atoms with E-state index in [0.717, 1.165) is 16.8 Å². The number of hydrogen-bond donors (Lipinski definition) is 0. The van der Waals surface area contributed by atoms with Crippen molar-refractivity contribution in [2.75, 3.05) is 14.1 Å². The second-order valence-corrected chi connectivity index (χ2v) is 3.77. The zero-order chi connectivity index (χ0) is 11.4. The molecule has 0 spiro atoms. The predicted molar refractivity (Wildman–Crippen MR) is 62.5 cm³/mol. The summed E-state index contributed by atoms with van der Waals surface area (Å²) in [5.41, 5.74) is 3.63. The van der Waals surface area contributed by atoms with E-state index in [1.165, 1.54) is 0 Å². The lowest BCUT2D eigenvalue weighted by atomic mass is 10.1. The molecule has 0 aliphatic rings. The molecule has 0 aliphatic heterocycles. The van der Waals surface area contributed by atoms with E-state index in [2.05, 4.69) is 11.1 Å². The summed E-state index contributed by atoms with van der Waals surface area (Å²) in [6.45, 7) is 4.01. The fourth-order valence-electron chi connectivity index (χ4n) is 1.17. The van der Waals surface area contributed by atoms with Crippen LogP contribution < -0.4 is 0 Å². The standard InChI is InChI=1S/C12H15N3/c1-9-5-11(7-13)12(6-10(9)2)14-8-15(3)4/h5-6,8H,1-4H3. The highest BCUT2D eigenvalue weighted by atomic mass is 15.1. The Morgan fingerprint density at radius 3 is 2.40 bits per heavy atom. The molecule has 78 valence electrons. The van der Waals surface area contributed by atoms with Crippen LogP contribution in [0.25, 0.3) is 0 Å². The monoisotopic (exact) mass is 201 g/mol. The highest BCUT2D eigenvalue weighted by Crippen LogP contribution is 2.22. The van der Waals surface area contributed by atoms with Crippen LogP contribution in [-0.2, 0) is 0 Å². The maximum absolute atomic E-state index is 8.96. The van der Waals surface area contributed by atoms with Gasteiger partial charge in [0.05, 0.1) is 17.6 Å². The molecule has 3 heteroatoms. The number of benzene rings is 1. The van der Waals surface area contributed by atoms with Gasteiger partial charge in [-0.25, -0.2) is 4.99 Å². The van der Waals surface area contributed by atoms with Crippen LogP contribution in [0.5, 0.6) is 0 Å². The first kappa shape index (κ1) is 11.3. The summed E-state index contributed by atoms with van der Waals surface area (Å²) in [6, 6.07) is 5.97. The van der Waals surface area contributed by atoms with Crippen LogP contribution in [0, 0.1) is 25.2 Å². The highest BCUT2D eigenvalue weighted by molar-refractivity contribution is 5.66. The topological polar surface area (TPSA) is 39.4 Å². The third-order valence-corrected chi connectivity index (χ3v) is 2.16. The fourth-order valence-corrected chi connectivity index (χ4v) is 1.17. The lowest BCUT2D eigenvalue weighted by molar-refractivity contribution is 0.643. The van der Waals surface area contributed by atoms with E-state index < -0.39 is 0 Å². The van der Waals surface area contributed by atoms with Gasteiger partial charge in [0.2, 0.25) is 0 Å². The fraction of sp³-hybridized carbons (Fsp3) is 0.333. The van der Waals surface area contributed by atoms with Crippen LogP contribution in [-0.4, -0.2) is 25.3 Å². The smallest absolute Gasteiger partial charge is 0.101 e. The summed E-state index contributed by atoms with van der Waals surface area (Å²) in [7, 11) is 3.80. The minimum absolute atomic E-state index is 0.621. The predicted octanol–water partition coefficient (Wildman–Crippen LogP) is 2.40. The van der Waals surface area contributed by atoms with Crippen molar-refractivity contribution in [1.29, 1.82) is 5.26 Å². The van der Waals surface area contributed by atoms with Gasteiger partial charge in [-0.3, -0.25) is 0 Å². The van der Waals surface area contributed by atoms with Crippen LogP contribution in [0.4, 0.5) is 5.69 Å². The SMILES string of the molecule is Cc1cc(C#N)c(N=CN(C)C)cc1C. The van der Waals surface area contributed by atoms with Gasteiger partial charge in [0.15, 0.2) is 0 Å². The minimum Gasteiger partial charge on any atom is -0.369 e. The van der Waals surface area contributed by atoms with Crippen LogP contribution in [0.1, 0.15) is 16.7 Å². The zero-order valence-corrected chi connectivity index (χ0v) is 9.57. The Labute approximate surface area is 90.7 Å². The van der Waals surface area contributed by atoms with Crippen molar-refractivity contribution in [3.8, 4) is 6.07 Å². The first-order chi connectivity index (χ1) is 7.04. The van der Waals surface area contributed by atoms with Crippen molar-refractivity contribution in [3.63, 3.8) is 0 Å². The molecule has 0 aliphatic carbocycles. The quantitative estimate of drug-likeness (QED) is 0.544. The third-order valence-electron chi connectivity index (χ3n) is 2.16. The molecule has 0 aromatic heterocycles. The Hall–Kier alpha value is -1.82. The van der Waals surface area contributed by atoms with Gasteiger partial charge in [0, 0.05) is 14.1 Å². The Bertz CT molecular complexity index is 425. The number of aliphatic imine (C=N–C) groups is 1. The molecule has 0 atom stereocenters. The largest absolute Gasteiger partial charge is 0.369 e. The van der Waals surface area contributed by atoms with Gasteiger partial charge in [-0.05, 0) is 37.1 Å². The molecule has 1 aromatic rings. The Morgan fingerprint density at radius 1 is 1.27 bits per heavy atom. The molecule has 15 heavy (non-hydrogen) atoms. The molecule has 0 fully saturated rings. The van der Waals surface area contributed by atoms with Crippen LogP contribution in [0.15, 0.2) is 17.1 Å². The van der Waals surface area contributed by atoms with Crippen molar-refractivity contribution in [1.82, 2.24) is 4.90 Å². The first-order valence-corrected chi connectivity index (χ1v) is 4.76. The average Bonchev–Trinajstić information content (AvgIpc) is 2.19. The summed E-state index contributed by atoms with van der Waals surface area (Å²) in [5.74, 6) is 0. The molecule has 3 nitrogen and oxygen atoms in total. The molecular formula is C12H15N3. The van der Waals surface area contributed by atoms with Gasteiger partial charge >= 0.3 is 0 Å². The molecule has 0 N–H and O–H groups in total. The number of nitrogens with zero attached hydrogens (tertiary/aromatic N) is 3. The summed E-state index contributed by atoms with van der Waals surface area (Å²) in [5, 5.41) is 8.96. The number of nitriles is 1. The van der Waals surface area contributed by atoms with E-state index in [-0.39, 0.29) is 0 Å². The van der Waals surface area contributed by atoms with Gasteiger partial charge < -0.3 is 4.90 Å². The first-order valence-electron chi connectivity index (χ1n) is 4.76. The second-order valence-electron chi connectivity index (χ2n) is 3.77. The number of hydrogen-bond acceptors (Lipinski definition) is 2. The van der Waals surface area contributed by atoms with E-state index in [1.54, 1.807) is 6.34 Å². The molecule has 0 amide bonds. The molecule has 1 aromatic carbocycles. The highest BCUT2D eigenvalue weighted by Gasteiger charge is 2.03. The summed E-state index contributed by atoms with van der Waals surface area (Å²) in [6.07, 6.45) is 1.70. The molecule has 0 bridgehead atoms. The van der Waals surface area contributed by atoms with E-state index >= 15 is 0 Å². The molecule has 1 rings (SSSR count). The van der Waals surface area contributed by atoms with Crippen molar-refractivity contribution in [2.24, 2.45) is 4.99 Å². The van der Waals surface area contributed by atoms with E-state index in [4.69, 9.17) is 5.26 Å². The lowest BCUT2D eigenvalue weighted by Gasteiger charge is -2.06. The molecule has 0 radical (unpaired) electrons. The average molecular weight is 201 g/mol. The summed E-state index contributed by atoms with van der Waals surface area (Å²) in [4.78, 5) is 6.10. The van der Waals surface area contributed by atoms with Crippen LogP contribution >= 0.6 is 0 Å². The molecule has 0 unspecified atom stereocenters. The van der Waals surface area contributed by atoms with Crippen LogP contribution in [0.3, 0.4) is 0 Å². The molecule has 0 saturated heterocycles. The molecular weight excluding hydrogens is 186 g/mol. The third kappa shape index (κ3) is 2.81. The number of aryl methyl sites for hydroxylation is 2. The summed E-state index contributed by atoms with van der Waals surface area (Å²) >= 11 is 0. The van der Waals surface area contributed by atoms with Gasteiger partial charge in [0.25, 0.3) is 0 Å². The van der Waals surface area contributed by atoms with E-state index in [1.807, 2.05) is 45.0 Å². The van der Waals surface area contributed by atoms with Crippen LogP contribution in [0.2, 0.25) is 0 Å². The number of rotatable bonds is 2. The van der Waals surface area contributed by atoms with E-state index in [9.17, 15) is 0 Å². The maximum Gasteiger partial charge on any atom is 0.101 e. The van der Waals surface area contributed by atoms with Crippen molar-refractivity contribution in [2.45, 2.75) is 13.8 Å². The Balaban J connectivity index is 3.18. The maximum atomic E-state index is 8.96.